The Hall–Kier alpha value is -2.95. The number of amides is 1. The zero-order valence-electron chi connectivity index (χ0n) is 17.0. The van der Waals surface area contributed by atoms with Crippen LogP contribution in [0.4, 0.5) is 0 Å². The maximum absolute atomic E-state index is 13.4. The average molecular weight is 377 g/mol. The van der Waals surface area contributed by atoms with Gasteiger partial charge in [0, 0.05) is 13.5 Å². The Kier molecular flexibility index (Phi) is 5.93. The Morgan fingerprint density at radius 3 is 2.54 bits per heavy atom. The molecule has 0 saturated heterocycles. The quantitative estimate of drug-likeness (QED) is 0.640. The molecule has 0 aliphatic rings. The molecule has 0 radical (unpaired) electrons. The van der Waals surface area contributed by atoms with Gasteiger partial charge in [-0.05, 0) is 44.0 Å². The third-order valence-electron chi connectivity index (χ3n) is 5.25. The van der Waals surface area contributed by atoms with Gasteiger partial charge in [-0.3, -0.25) is 14.2 Å². The molecular formula is C23H27N3O2. The van der Waals surface area contributed by atoms with E-state index < -0.39 is 0 Å². The van der Waals surface area contributed by atoms with Crippen molar-refractivity contribution in [3.63, 3.8) is 0 Å². The summed E-state index contributed by atoms with van der Waals surface area (Å²) in [6.45, 7) is 5.97. The molecule has 28 heavy (non-hydrogen) atoms. The van der Waals surface area contributed by atoms with Crippen LogP contribution < -0.4 is 5.56 Å². The minimum Gasteiger partial charge on any atom is -0.336 e. The molecule has 5 nitrogen and oxygen atoms in total. The number of aryl methyl sites for hydroxylation is 1. The van der Waals surface area contributed by atoms with E-state index >= 15 is 0 Å². The molecule has 0 saturated carbocycles. The molecule has 3 rings (SSSR count). The zero-order chi connectivity index (χ0) is 20.3. The highest BCUT2D eigenvalue weighted by atomic mass is 16.2. The fourth-order valence-electron chi connectivity index (χ4n) is 3.37. The number of carbonyl (C=O) groups excluding carboxylic acids is 1. The van der Waals surface area contributed by atoms with Crippen LogP contribution in [-0.4, -0.2) is 27.4 Å². The lowest BCUT2D eigenvalue weighted by molar-refractivity contribution is -0.132. The first kappa shape index (κ1) is 19.8. The SMILES string of the molecule is CCCCC(=O)N(C)C(C)c1nc2ccccc2c(=O)n1-c1ccccc1C. The molecule has 0 bridgehead atoms. The number of rotatable bonds is 6. The number of carbonyl (C=O) groups is 1. The minimum absolute atomic E-state index is 0.0630. The normalized spacial score (nSPS) is 12.1. The van der Waals surface area contributed by atoms with Crippen LogP contribution in [0.5, 0.6) is 0 Å². The molecule has 0 fully saturated rings. The molecular weight excluding hydrogens is 350 g/mol. The first-order chi connectivity index (χ1) is 13.5. The highest BCUT2D eigenvalue weighted by molar-refractivity contribution is 5.79. The van der Waals surface area contributed by atoms with Crippen LogP contribution in [-0.2, 0) is 4.79 Å². The maximum atomic E-state index is 13.4. The summed E-state index contributed by atoms with van der Waals surface area (Å²) in [5.41, 5.74) is 2.31. The van der Waals surface area contributed by atoms with E-state index in [4.69, 9.17) is 4.98 Å². The van der Waals surface area contributed by atoms with Gasteiger partial charge in [0.1, 0.15) is 5.82 Å². The van der Waals surface area contributed by atoms with Crippen molar-refractivity contribution in [2.75, 3.05) is 7.05 Å². The van der Waals surface area contributed by atoms with Crippen molar-refractivity contribution in [3.05, 3.63) is 70.3 Å². The molecule has 5 heteroatoms. The second-order valence-corrected chi connectivity index (χ2v) is 7.20. The Bertz CT molecular complexity index is 1060. The Morgan fingerprint density at radius 2 is 1.82 bits per heavy atom. The van der Waals surface area contributed by atoms with E-state index in [0.717, 1.165) is 24.1 Å². The summed E-state index contributed by atoms with van der Waals surface area (Å²) in [6.07, 6.45) is 2.32. The number of fused-ring (bicyclic) bond motifs is 1. The van der Waals surface area contributed by atoms with Crippen LogP contribution >= 0.6 is 0 Å². The molecule has 1 unspecified atom stereocenters. The molecule has 1 atom stereocenters. The van der Waals surface area contributed by atoms with Crippen LogP contribution in [0.25, 0.3) is 16.6 Å². The van der Waals surface area contributed by atoms with Crippen molar-refractivity contribution in [1.29, 1.82) is 0 Å². The van der Waals surface area contributed by atoms with E-state index in [9.17, 15) is 9.59 Å². The van der Waals surface area contributed by atoms with Gasteiger partial charge < -0.3 is 4.90 Å². The Labute approximate surface area is 165 Å². The van der Waals surface area contributed by atoms with Crippen molar-refractivity contribution in [1.82, 2.24) is 14.5 Å². The number of aromatic nitrogens is 2. The lowest BCUT2D eigenvalue weighted by Gasteiger charge is -2.27. The van der Waals surface area contributed by atoms with Crippen molar-refractivity contribution in [3.8, 4) is 5.69 Å². The monoisotopic (exact) mass is 377 g/mol. The van der Waals surface area contributed by atoms with Gasteiger partial charge in [-0.1, -0.05) is 43.7 Å². The average Bonchev–Trinajstić information content (AvgIpc) is 2.71. The Morgan fingerprint density at radius 1 is 1.14 bits per heavy atom. The number of benzene rings is 2. The van der Waals surface area contributed by atoms with Gasteiger partial charge in [-0.25, -0.2) is 4.98 Å². The van der Waals surface area contributed by atoms with Crippen LogP contribution in [0.1, 0.15) is 50.5 Å². The van der Waals surface area contributed by atoms with E-state index in [1.165, 1.54) is 0 Å². The van der Waals surface area contributed by atoms with E-state index in [-0.39, 0.29) is 17.5 Å². The van der Waals surface area contributed by atoms with Crippen LogP contribution in [0.2, 0.25) is 0 Å². The Balaban J connectivity index is 2.21. The van der Waals surface area contributed by atoms with Gasteiger partial charge in [-0.15, -0.1) is 0 Å². The summed E-state index contributed by atoms with van der Waals surface area (Å²) < 4.78 is 1.66. The summed E-state index contributed by atoms with van der Waals surface area (Å²) in [5, 5.41) is 0.571. The van der Waals surface area contributed by atoms with Gasteiger partial charge >= 0.3 is 0 Å². The van der Waals surface area contributed by atoms with Crippen LogP contribution in [0, 0.1) is 6.92 Å². The first-order valence-electron chi connectivity index (χ1n) is 9.79. The lowest BCUT2D eigenvalue weighted by atomic mass is 10.1. The topological polar surface area (TPSA) is 55.2 Å². The molecule has 0 N–H and O–H groups in total. The van der Waals surface area contributed by atoms with Gasteiger partial charge in [-0.2, -0.15) is 0 Å². The minimum atomic E-state index is -0.332. The predicted molar refractivity (Wildman–Crippen MR) is 113 cm³/mol. The molecule has 1 aromatic heterocycles. The molecule has 3 aromatic rings. The van der Waals surface area contributed by atoms with Crippen LogP contribution in [0.3, 0.4) is 0 Å². The number of hydrogen-bond acceptors (Lipinski definition) is 3. The van der Waals surface area contributed by atoms with Gasteiger partial charge in [0.15, 0.2) is 0 Å². The van der Waals surface area contributed by atoms with E-state index in [1.807, 2.05) is 56.3 Å². The fraction of sp³-hybridized carbons (Fsp3) is 0.348. The molecule has 2 aromatic carbocycles. The summed E-state index contributed by atoms with van der Waals surface area (Å²) in [6, 6.07) is 14.8. The molecule has 0 aliphatic carbocycles. The number of para-hydroxylation sites is 2. The maximum Gasteiger partial charge on any atom is 0.266 e. The second-order valence-electron chi connectivity index (χ2n) is 7.20. The highest BCUT2D eigenvalue weighted by Crippen LogP contribution is 2.24. The van der Waals surface area contributed by atoms with E-state index in [1.54, 1.807) is 22.6 Å². The van der Waals surface area contributed by atoms with Gasteiger partial charge in [0.05, 0.1) is 22.6 Å². The molecule has 0 spiro atoms. The van der Waals surface area contributed by atoms with Crippen molar-refractivity contribution in [2.45, 2.75) is 46.1 Å². The van der Waals surface area contributed by atoms with Crippen LogP contribution in [0.15, 0.2) is 53.3 Å². The van der Waals surface area contributed by atoms with Crippen molar-refractivity contribution < 1.29 is 4.79 Å². The lowest BCUT2D eigenvalue weighted by Crippen LogP contribution is -2.35. The van der Waals surface area contributed by atoms with Crippen molar-refractivity contribution >= 4 is 16.8 Å². The van der Waals surface area contributed by atoms with E-state index in [2.05, 4.69) is 6.92 Å². The standard InChI is InChI=1S/C23H27N3O2/c1-5-6-15-21(27)25(4)17(3)22-24-19-13-9-8-12-18(19)23(28)26(22)20-14-10-7-11-16(20)2/h7-14,17H,5-6,15H2,1-4H3. The predicted octanol–water partition coefficient (Wildman–Crippen LogP) is 4.40. The van der Waals surface area contributed by atoms with Gasteiger partial charge in [0.2, 0.25) is 5.91 Å². The molecule has 1 amide bonds. The summed E-state index contributed by atoms with van der Waals surface area (Å²) >= 11 is 0. The molecule has 1 heterocycles. The third-order valence-corrected chi connectivity index (χ3v) is 5.25. The second kappa shape index (κ2) is 8.38. The third kappa shape index (κ3) is 3.70. The van der Waals surface area contributed by atoms with E-state index in [0.29, 0.717) is 23.1 Å². The summed E-state index contributed by atoms with van der Waals surface area (Å²) in [7, 11) is 1.78. The summed E-state index contributed by atoms with van der Waals surface area (Å²) in [5.74, 6) is 0.637. The first-order valence-corrected chi connectivity index (χ1v) is 9.79. The summed E-state index contributed by atoms with van der Waals surface area (Å²) in [4.78, 5) is 32.5. The molecule has 0 aliphatic heterocycles. The number of unbranched alkanes of at least 4 members (excludes halogenated alkanes) is 1. The molecule has 146 valence electrons. The fourth-order valence-corrected chi connectivity index (χ4v) is 3.37. The van der Waals surface area contributed by atoms with Gasteiger partial charge in [0.25, 0.3) is 5.56 Å². The van der Waals surface area contributed by atoms with Crippen molar-refractivity contribution in [2.24, 2.45) is 0 Å². The number of hydrogen-bond donors (Lipinski definition) is 0. The zero-order valence-corrected chi connectivity index (χ0v) is 17.0. The highest BCUT2D eigenvalue weighted by Gasteiger charge is 2.24. The number of nitrogens with zero attached hydrogens (tertiary/aromatic N) is 3. The largest absolute Gasteiger partial charge is 0.336 e. The smallest absolute Gasteiger partial charge is 0.266 e.